The molecule has 0 bridgehead atoms. The number of benzene rings is 3. The van der Waals surface area contributed by atoms with Gasteiger partial charge in [-0.2, -0.15) is 13.2 Å². The van der Waals surface area contributed by atoms with Crippen LogP contribution in [0.5, 0.6) is 5.75 Å². The van der Waals surface area contributed by atoms with Crippen LogP contribution in [0.2, 0.25) is 0 Å². The first-order chi connectivity index (χ1) is 13.8. The second kappa shape index (κ2) is 8.01. The molecule has 0 saturated heterocycles. The summed E-state index contributed by atoms with van der Waals surface area (Å²) in [5.74, 6) is -0.548. The third kappa shape index (κ3) is 4.70. The maximum Gasteiger partial charge on any atom is 0.423 e. The molecule has 0 aromatic heterocycles. The van der Waals surface area contributed by atoms with Gasteiger partial charge in [-0.05, 0) is 36.4 Å². The van der Waals surface area contributed by atoms with Gasteiger partial charge in [-0.3, -0.25) is 10.1 Å². The van der Waals surface area contributed by atoms with Crippen LogP contribution in [0.4, 0.5) is 30.2 Å². The molecule has 0 unspecified atom stereocenters. The van der Waals surface area contributed by atoms with Gasteiger partial charge >= 0.3 is 12.1 Å². The Balaban J connectivity index is 1.90. The molecular weight excluding hydrogens is 389 g/mol. The second-order valence-electron chi connectivity index (χ2n) is 5.86. The lowest BCUT2D eigenvalue weighted by Crippen LogP contribution is -2.10. The monoisotopic (exact) mass is 402 g/mol. The van der Waals surface area contributed by atoms with Gasteiger partial charge in [-0.1, -0.05) is 30.3 Å². The van der Waals surface area contributed by atoms with Gasteiger partial charge in [-0.25, -0.2) is 4.79 Å². The summed E-state index contributed by atoms with van der Waals surface area (Å²) in [4.78, 5) is 22.0. The highest BCUT2D eigenvalue weighted by molar-refractivity contribution is 5.92. The van der Waals surface area contributed by atoms with Crippen molar-refractivity contribution in [3.63, 3.8) is 0 Å². The van der Waals surface area contributed by atoms with Gasteiger partial charge in [0, 0.05) is 11.8 Å². The molecule has 0 amide bonds. The Kier molecular flexibility index (Phi) is 5.49. The van der Waals surface area contributed by atoms with Crippen LogP contribution in [0.25, 0.3) is 0 Å². The summed E-state index contributed by atoms with van der Waals surface area (Å²) in [5, 5.41) is 13.6. The van der Waals surface area contributed by atoms with E-state index < -0.39 is 28.3 Å². The number of hydrogen-bond donors (Lipinski definition) is 1. The minimum absolute atomic E-state index is 0.0499. The van der Waals surface area contributed by atoms with Gasteiger partial charge in [0.15, 0.2) is 5.75 Å². The molecule has 29 heavy (non-hydrogen) atoms. The van der Waals surface area contributed by atoms with E-state index in [0.29, 0.717) is 11.6 Å². The fraction of sp³-hybridized carbons (Fsp3) is 0.0500. The number of carbonyl (C=O) groups excluding carboxylic acids is 1. The Morgan fingerprint density at radius 2 is 1.62 bits per heavy atom. The summed E-state index contributed by atoms with van der Waals surface area (Å²) >= 11 is 0. The average molecular weight is 402 g/mol. The number of anilines is 2. The van der Waals surface area contributed by atoms with Crippen LogP contribution in [-0.4, -0.2) is 10.9 Å². The summed E-state index contributed by atoms with van der Waals surface area (Å²) < 4.78 is 44.8. The van der Waals surface area contributed by atoms with Crippen molar-refractivity contribution < 1.29 is 27.6 Å². The van der Waals surface area contributed by atoms with Crippen LogP contribution in [0.1, 0.15) is 15.9 Å². The largest absolute Gasteiger partial charge is 0.423 e. The van der Waals surface area contributed by atoms with Crippen molar-refractivity contribution in [2.75, 3.05) is 5.32 Å². The topological polar surface area (TPSA) is 81.5 Å². The van der Waals surface area contributed by atoms with E-state index >= 15 is 0 Å². The summed E-state index contributed by atoms with van der Waals surface area (Å²) in [6.07, 6.45) is -4.90. The number of ether oxygens (including phenoxy) is 1. The van der Waals surface area contributed by atoms with Gasteiger partial charge in [0.2, 0.25) is 0 Å². The lowest BCUT2D eigenvalue weighted by atomic mass is 10.1. The average Bonchev–Trinajstić information content (AvgIpc) is 2.69. The van der Waals surface area contributed by atoms with Crippen LogP contribution >= 0.6 is 0 Å². The molecule has 0 aliphatic heterocycles. The number of halogens is 3. The fourth-order valence-electron chi connectivity index (χ4n) is 2.55. The molecule has 9 heteroatoms. The molecule has 0 fully saturated rings. The molecule has 0 aliphatic carbocycles. The molecule has 3 aromatic carbocycles. The lowest BCUT2D eigenvalue weighted by Gasteiger charge is -2.14. The zero-order chi connectivity index (χ0) is 21.0. The van der Waals surface area contributed by atoms with Crippen molar-refractivity contribution in [3.05, 3.63) is 94.0 Å². The van der Waals surface area contributed by atoms with Crippen LogP contribution in [0.3, 0.4) is 0 Å². The number of nitro groups is 1. The zero-order valence-electron chi connectivity index (χ0n) is 14.6. The van der Waals surface area contributed by atoms with E-state index in [2.05, 4.69) is 5.32 Å². The van der Waals surface area contributed by atoms with E-state index in [1.165, 1.54) is 12.1 Å². The Bertz CT molecular complexity index is 1050. The van der Waals surface area contributed by atoms with Gasteiger partial charge in [0.05, 0.1) is 16.2 Å². The number of nitro benzene ring substituents is 1. The van der Waals surface area contributed by atoms with Gasteiger partial charge in [0.25, 0.3) is 5.69 Å². The van der Waals surface area contributed by atoms with Crippen LogP contribution < -0.4 is 10.1 Å². The molecule has 0 atom stereocenters. The standard InChI is InChI=1S/C20H13F3N2O4/c21-20(22,23)15-12-14(10-11-17(15)25(27)28)24-16-8-4-5-9-18(16)29-19(26)13-6-2-1-3-7-13/h1-12,24H. The third-order valence-electron chi connectivity index (χ3n) is 3.88. The highest BCUT2D eigenvalue weighted by atomic mass is 19.4. The van der Waals surface area contributed by atoms with Crippen molar-refractivity contribution in [1.82, 2.24) is 0 Å². The maximum atomic E-state index is 13.2. The summed E-state index contributed by atoms with van der Waals surface area (Å²) in [7, 11) is 0. The summed E-state index contributed by atoms with van der Waals surface area (Å²) in [6, 6.07) is 16.9. The Labute approximate surface area is 162 Å². The number of hydrogen-bond acceptors (Lipinski definition) is 5. The highest BCUT2D eigenvalue weighted by Gasteiger charge is 2.38. The molecule has 0 aliphatic rings. The Morgan fingerprint density at radius 1 is 0.966 bits per heavy atom. The predicted molar refractivity (Wildman–Crippen MR) is 99.2 cm³/mol. The van der Waals surface area contributed by atoms with Gasteiger partial charge < -0.3 is 10.1 Å². The molecule has 0 radical (unpaired) electrons. The van der Waals surface area contributed by atoms with Crippen molar-refractivity contribution in [1.29, 1.82) is 0 Å². The van der Waals surface area contributed by atoms with E-state index in [0.717, 1.165) is 12.1 Å². The molecule has 3 rings (SSSR count). The number of esters is 1. The first kappa shape index (κ1) is 19.9. The van der Waals surface area contributed by atoms with Crippen molar-refractivity contribution in [2.45, 2.75) is 6.18 Å². The molecule has 0 spiro atoms. The first-order valence-corrected chi connectivity index (χ1v) is 8.24. The highest BCUT2D eigenvalue weighted by Crippen LogP contribution is 2.38. The summed E-state index contributed by atoms with van der Waals surface area (Å²) in [6.45, 7) is 0. The second-order valence-corrected chi connectivity index (χ2v) is 5.86. The Morgan fingerprint density at radius 3 is 2.28 bits per heavy atom. The van der Waals surface area contributed by atoms with Crippen LogP contribution in [0.15, 0.2) is 72.8 Å². The SMILES string of the molecule is O=C(Oc1ccccc1Nc1ccc([N+](=O)[O-])c(C(F)(F)F)c1)c1ccccc1. The van der Waals surface area contributed by atoms with Crippen molar-refractivity contribution >= 4 is 23.0 Å². The van der Waals surface area contributed by atoms with Gasteiger partial charge in [0.1, 0.15) is 5.56 Å². The van der Waals surface area contributed by atoms with Crippen molar-refractivity contribution in [2.24, 2.45) is 0 Å². The number of nitrogens with zero attached hydrogens (tertiary/aromatic N) is 1. The van der Waals surface area contributed by atoms with Gasteiger partial charge in [-0.15, -0.1) is 0 Å². The van der Waals surface area contributed by atoms with Crippen LogP contribution in [0, 0.1) is 10.1 Å². The minimum Gasteiger partial charge on any atom is -0.421 e. The smallest absolute Gasteiger partial charge is 0.421 e. The first-order valence-electron chi connectivity index (χ1n) is 8.24. The van der Waals surface area contributed by atoms with Crippen molar-refractivity contribution in [3.8, 4) is 5.75 Å². The van der Waals surface area contributed by atoms with E-state index in [1.807, 2.05) is 0 Å². The Hall–Kier alpha value is -3.88. The minimum atomic E-state index is -4.90. The molecule has 0 saturated carbocycles. The van der Waals surface area contributed by atoms with E-state index in [1.54, 1.807) is 42.5 Å². The van der Waals surface area contributed by atoms with E-state index in [9.17, 15) is 28.1 Å². The molecule has 3 aromatic rings. The number of rotatable bonds is 5. The molecule has 1 N–H and O–H groups in total. The van der Waals surface area contributed by atoms with Crippen LogP contribution in [-0.2, 0) is 6.18 Å². The molecule has 6 nitrogen and oxygen atoms in total. The maximum absolute atomic E-state index is 13.2. The number of carbonyl (C=O) groups is 1. The fourth-order valence-corrected chi connectivity index (χ4v) is 2.55. The van der Waals surface area contributed by atoms with E-state index in [4.69, 9.17) is 4.74 Å². The quantitative estimate of drug-likeness (QED) is 0.261. The summed E-state index contributed by atoms with van der Waals surface area (Å²) in [5.41, 5.74) is -1.96. The third-order valence-corrected chi connectivity index (χ3v) is 3.88. The number of para-hydroxylation sites is 2. The number of nitrogens with one attached hydrogen (secondary N) is 1. The molecule has 0 heterocycles. The molecule has 148 valence electrons. The molecular formula is C20H13F3N2O4. The normalized spacial score (nSPS) is 11.0. The predicted octanol–water partition coefficient (Wildman–Crippen LogP) is 5.58. The zero-order valence-corrected chi connectivity index (χ0v) is 14.6. The van der Waals surface area contributed by atoms with E-state index in [-0.39, 0.29) is 17.1 Å². The lowest BCUT2D eigenvalue weighted by molar-refractivity contribution is -0.388. The number of alkyl halides is 3.